The number of unbranched alkanes of at least 4 members (excludes halogenated alkanes) is 1. The molecular weight excluding hydrogens is 432 g/mol. The SMILES string of the molecule is O=C1C[C@H]2CC[C@]1(CS(=O)(=O)OCCCCOS(=O)(=O)C[C@]13CC[C@H](CC1=O)C3)C2. The van der Waals surface area contributed by atoms with Gasteiger partial charge in [0.1, 0.15) is 11.6 Å². The molecule has 4 rings (SSSR count). The van der Waals surface area contributed by atoms with Gasteiger partial charge >= 0.3 is 0 Å². The van der Waals surface area contributed by atoms with Gasteiger partial charge in [0, 0.05) is 23.7 Å². The van der Waals surface area contributed by atoms with Crippen LogP contribution >= 0.6 is 0 Å². The van der Waals surface area contributed by atoms with Gasteiger partial charge in [-0.1, -0.05) is 0 Å². The molecule has 0 saturated heterocycles. The van der Waals surface area contributed by atoms with E-state index in [1.54, 1.807) is 0 Å². The van der Waals surface area contributed by atoms with Gasteiger partial charge in [0.15, 0.2) is 0 Å². The molecule has 0 aromatic carbocycles. The standard InChI is InChI=1S/C20H30O8S2/c21-17-9-15-3-5-19(17,11-15)13-29(23,24)27-7-1-2-8-28-30(25,26)14-20-6-4-16(12-20)10-18(20)22/h15-16H,1-14H2/t15-,16-,19-,20-/m1/s1. The first kappa shape index (κ1) is 22.4. The predicted octanol–water partition coefficient (Wildman–Crippen LogP) is 1.98. The summed E-state index contributed by atoms with van der Waals surface area (Å²) in [5.41, 5.74) is -1.51. The summed E-state index contributed by atoms with van der Waals surface area (Å²) in [6, 6.07) is 0. The molecule has 0 spiro atoms. The summed E-state index contributed by atoms with van der Waals surface area (Å²) < 4.78 is 59.2. The smallest absolute Gasteiger partial charge is 0.268 e. The lowest BCUT2D eigenvalue weighted by Gasteiger charge is -2.24. The molecule has 4 saturated carbocycles. The number of rotatable bonds is 11. The van der Waals surface area contributed by atoms with Crippen molar-refractivity contribution >= 4 is 31.8 Å². The van der Waals surface area contributed by atoms with E-state index in [-0.39, 0.29) is 36.3 Å². The lowest BCUT2D eigenvalue weighted by Crippen LogP contribution is -2.34. The summed E-state index contributed by atoms with van der Waals surface area (Å²) in [6.45, 7) is -0.132. The van der Waals surface area contributed by atoms with Crippen molar-refractivity contribution in [1.29, 1.82) is 0 Å². The van der Waals surface area contributed by atoms with Gasteiger partial charge in [-0.05, 0) is 63.2 Å². The average molecular weight is 463 g/mol. The first-order valence-electron chi connectivity index (χ1n) is 10.8. The highest BCUT2D eigenvalue weighted by molar-refractivity contribution is 7.87. The van der Waals surface area contributed by atoms with Crippen LogP contribution in [0, 0.1) is 22.7 Å². The molecule has 4 bridgehead atoms. The number of carbonyl (C=O) groups excluding carboxylic acids is 2. The third kappa shape index (κ3) is 4.52. The van der Waals surface area contributed by atoms with Crippen LogP contribution in [0.3, 0.4) is 0 Å². The van der Waals surface area contributed by atoms with Gasteiger partial charge in [0.25, 0.3) is 20.2 Å². The van der Waals surface area contributed by atoms with Crippen molar-refractivity contribution < 1.29 is 34.8 Å². The van der Waals surface area contributed by atoms with Crippen LogP contribution in [-0.4, -0.2) is 53.1 Å². The second kappa shape index (κ2) is 7.94. The van der Waals surface area contributed by atoms with Crippen LogP contribution in [0.25, 0.3) is 0 Å². The molecule has 0 aromatic rings. The fraction of sp³-hybridized carbons (Fsp3) is 0.900. The van der Waals surface area contributed by atoms with Gasteiger partial charge in [-0.25, -0.2) is 0 Å². The summed E-state index contributed by atoms with van der Waals surface area (Å²) in [5.74, 6) is 0.216. The summed E-state index contributed by atoms with van der Waals surface area (Å²) in [7, 11) is -7.61. The van der Waals surface area contributed by atoms with Crippen LogP contribution < -0.4 is 0 Å². The van der Waals surface area contributed by atoms with E-state index >= 15 is 0 Å². The highest BCUT2D eigenvalue weighted by Gasteiger charge is 2.54. The van der Waals surface area contributed by atoms with E-state index in [1.165, 1.54) is 0 Å². The van der Waals surface area contributed by atoms with Crippen LogP contribution in [-0.2, 0) is 38.2 Å². The molecule has 0 amide bonds. The molecule has 10 heteroatoms. The third-order valence-electron chi connectivity index (χ3n) is 7.52. The minimum Gasteiger partial charge on any atom is -0.299 e. The second-order valence-electron chi connectivity index (χ2n) is 9.79. The Hall–Kier alpha value is -0.840. The maximum Gasteiger partial charge on any atom is 0.268 e. The van der Waals surface area contributed by atoms with Crippen LogP contribution in [0.1, 0.15) is 64.2 Å². The maximum absolute atomic E-state index is 12.3. The van der Waals surface area contributed by atoms with Crippen molar-refractivity contribution in [1.82, 2.24) is 0 Å². The predicted molar refractivity (Wildman–Crippen MR) is 108 cm³/mol. The van der Waals surface area contributed by atoms with Crippen LogP contribution in [0.4, 0.5) is 0 Å². The number of hydrogen-bond donors (Lipinski definition) is 0. The normalized spacial score (nSPS) is 35.6. The van der Waals surface area contributed by atoms with Gasteiger partial charge in [-0.3, -0.25) is 18.0 Å². The Kier molecular flexibility index (Phi) is 5.91. The number of hydrogen-bond acceptors (Lipinski definition) is 8. The fourth-order valence-electron chi connectivity index (χ4n) is 6.05. The minimum atomic E-state index is -3.80. The summed E-state index contributed by atoms with van der Waals surface area (Å²) in [4.78, 5) is 24.2. The summed E-state index contributed by atoms with van der Waals surface area (Å²) >= 11 is 0. The highest BCUT2D eigenvalue weighted by atomic mass is 32.2. The quantitative estimate of drug-likeness (QED) is 0.338. The topological polar surface area (TPSA) is 121 Å². The number of ketones is 2. The van der Waals surface area contributed by atoms with Crippen molar-refractivity contribution in [3.63, 3.8) is 0 Å². The highest BCUT2D eigenvalue weighted by Crippen LogP contribution is 2.53. The van der Waals surface area contributed by atoms with Gasteiger partial charge in [-0.2, -0.15) is 16.8 Å². The zero-order chi connectivity index (χ0) is 21.6. The van der Waals surface area contributed by atoms with Crippen LogP contribution in [0.15, 0.2) is 0 Å². The van der Waals surface area contributed by atoms with Crippen molar-refractivity contribution in [3.8, 4) is 0 Å². The van der Waals surface area contributed by atoms with Crippen molar-refractivity contribution in [2.45, 2.75) is 64.2 Å². The molecule has 4 aliphatic rings. The Morgan fingerprint density at radius 2 is 1.13 bits per heavy atom. The largest absolute Gasteiger partial charge is 0.299 e. The molecule has 30 heavy (non-hydrogen) atoms. The average Bonchev–Trinajstić information content (AvgIpc) is 3.35. The fourth-order valence-corrected chi connectivity index (χ4v) is 9.16. The summed E-state index contributed by atoms with van der Waals surface area (Å²) in [5, 5.41) is 0. The van der Waals surface area contributed by atoms with Crippen LogP contribution in [0.2, 0.25) is 0 Å². The molecule has 4 atom stereocenters. The Labute approximate surface area is 178 Å². The Morgan fingerprint density at radius 3 is 1.43 bits per heavy atom. The van der Waals surface area contributed by atoms with E-state index < -0.39 is 31.1 Å². The Bertz CT molecular complexity index is 848. The van der Waals surface area contributed by atoms with Gasteiger partial charge in [0.05, 0.1) is 24.7 Å². The number of carbonyl (C=O) groups is 2. The maximum atomic E-state index is 12.3. The van der Waals surface area contributed by atoms with E-state index in [9.17, 15) is 26.4 Å². The van der Waals surface area contributed by atoms with E-state index in [0.29, 0.717) is 63.2 Å². The Balaban J connectivity index is 1.16. The Morgan fingerprint density at radius 1 is 0.733 bits per heavy atom. The lowest BCUT2D eigenvalue weighted by molar-refractivity contribution is -0.126. The van der Waals surface area contributed by atoms with Gasteiger partial charge in [0.2, 0.25) is 0 Å². The molecule has 0 N–H and O–H groups in total. The third-order valence-corrected chi connectivity index (χ3v) is 10.4. The molecule has 0 radical (unpaired) electrons. The monoisotopic (exact) mass is 462 g/mol. The zero-order valence-corrected chi connectivity index (χ0v) is 18.8. The van der Waals surface area contributed by atoms with E-state index in [2.05, 4.69) is 0 Å². The first-order chi connectivity index (χ1) is 14.0. The number of Topliss-reactive ketones (excluding diaryl/α,β-unsaturated/α-hetero) is 2. The van der Waals surface area contributed by atoms with Crippen molar-refractivity contribution in [3.05, 3.63) is 0 Å². The first-order valence-corrected chi connectivity index (χ1v) is 14.0. The van der Waals surface area contributed by atoms with Gasteiger partial charge < -0.3 is 0 Å². The molecule has 4 fully saturated rings. The number of fused-ring (bicyclic) bond motifs is 4. The summed E-state index contributed by atoms with van der Waals surface area (Å²) in [6.07, 6.45) is 5.95. The van der Waals surface area contributed by atoms with E-state index in [4.69, 9.17) is 8.37 Å². The van der Waals surface area contributed by atoms with Crippen LogP contribution in [0.5, 0.6) is 0 Å². The zero-order valence-electron chi connectivity index (χ0n) is 17.1. The molecule has 0 aromatic heterocycles. The molecule has 4 aliphatic carbocycles. The van der Waals surface area contributed by atoms with Crippen molar-refractivity contribution in [2.24, 2.45) is 22.7 Å². The molecule has 170 valence electrons. The molecule has 8 nitrogen and oxygen atoms in total. The van der Waals surface area contributed by atoms with E-state index in [1.807, 2.05) is 0 Å². The van der Waals surface area contributed by atoms with Crippen molar-refractivity contribution in [2.75, 3.05) is 24.7 Å². The van der Waals surface area contributed by atoms with E-state index in [0.717, 1.165) is 12.8 Å². The lowest BCUT2D eigenvalue weighted by atomic mass is 9.85. The molecular formula is C20H30O8S2. The minimum absolute atomic E-state index is 0.0401. The molecule has 0 heterocycles. The van der Waals surface area contributed by atoms with Gasteiger partial charge in [-0.15, -0.1) is 0 Å². The molecule has 0 unspecified atom stereocenters. The second-order valence-corrected chi connectivity index (χ2v) is 13.1. The molecule has 0 aliphatic heterocycles.